The fourth-order valence-electron chi connectivity index (χ4n) is 3.00. The molecule has 0 unspecified atom stereocenters. The summed E-state index contributed by atoms with van der Waals surface area (Å²) in [4.78, 5) is 16.0. The van der Waals surface area contributed by atoms with Gasteiger partial charge < -0.3 is 4.52 Å². The Morgan fingerprint density at radius 2 is 2.00 bits per heavy atom. The van der Waals surface area contributed by atoms with E-state index in [1.54, 1.807) is 0 Å². The van der Waals surface area contributed by atoms with Gasteiger partial charge in [-0.1, -0.05) is 37.2 Å². The van der Waals surface area contributed by atoms with Crippen LogP contribution in [0.4, 0.5) is 0 Å². The molecule has 0 fully saturated rings. The van der Waals surface area contributed by atoms with Crippen LogP contribution >= 0.6 is 0 Å². The topological polar surface area (TPSA) is 67.9 Å². The van der Waals surface area contributed by atoms with Gasteiger partial charge in [0.1, 0.15) is 5.82 Å². The van der Waals surface area contributed by atoms with Crippen LogP contribution in [-0.2, 0) is 19.5 Å². The molecule has 1 aromatic carbocycles. The molecule has 4 rings (SSSR count). The lowest BCUT2D eigenvalue weighted by Gasteiger charge is -2.27. The van der Waals surface area contributed by atoms with E-state index in [2.05, 4.69) is 33.9 Å². The number of aromatic nitrogens is 4. The Bertz CT molecular complexity index is 859. The molecule has 1 aliphatic heterocycles. The molecule has 25 heavy (non-hydrogen) atoms. The first-order valence-corrected chi connectivity index (χ1v) is 8.64. The summed E-state index contributed by atoms with van der Waals surface area (Å²) in [6.45, 7) is 6.65. The quantitative estimate of drug-likeness (QED) is 0.729. The Balaban J connectivity index is 1.48. The Hall–Kier alpha value is -2.60. The minimum absolute atomic E-state index is 0.339. The number of hydrogen-bond acceptors (Lipinski definition) is 6. The van der Waals surface area contributed by atoms with E-state index < -0.39 is 0 Å². The van der Waals surface area contributed by atoms with E-state index in [1.807, 2.05) is 36.5 Å². The molecule has 0 bridgehead atoms. The Morgan fingerprint density at radius 1 is 1.16 bits per heavy atom. The van der Waals surface area contributed by atoms with E-state index in [0.29, 0.717) is 24.2 Å². The van der Waals surface area contributed by atoms with Crippen LogP contribution in [0.15, 0.2) is 41.1 Å². The maximum atomic E-state index is 5.40. The second-order valence-electron chi connectivity index (χ2n) is 6.70. The summed E-state index contributed by atoms with van der Waals surface area (Å²) in [6.07, 6.45) is 2.94. The first-order chi connectivity index (χ1) is 12.2. The van der Waals surface area contributed by atoms with E-state index in [9.17, 15) is 0 Å². The number of benzene rings is 1. The summed E-state index contributed by atoms with van der Waals surface area (Å²) < 4.78 is 5.40. The molecule has 0 amide bonds. The van der Waals surface area contributed by atoms with E-state index in [-0.39, 0.29) is 0 Å². The highest BCUT2D eigenvalue weighted by atomic mass is 16.5. The standard InChI is InChI=1S/C19H21N5O/c1-13(2)18-20-10-15-8-9-24(11-16(15)21-18)12-17-22-19(25-23-17)14-6-4-3-5-7-14/h3-7,10,13H,8-9,11-12H2,1-2H3. The highest BCUT2D eigenvalue weighted by Crippen LogP contribution is 2.21. The lowest BCUT2D eigenvalue weighted by Crippen LogP contribution is -2.31. The number of nitrogens with zero attached hydrogens (tertiary/aromatic N) is 5. The molecule has 0 saturated heterocycles. The molecule has 0 spiro atoms. The summed E-state index contributed by atoms with van der Waals surface area (Å²) in [5, 5.41) is 4.13. The molecule has 6 heteroatoms. The largest absolute Gasteiger partial charge is 0.334 e. The van der Waals surface area contributed by atoms with Gasteiger partial charge in [-0.05, 0) is 24.1 Å². The van der Waals surface area contributed by atoms with Crippen LogP contribution in [0, 0.1) is 0 Å². The molecule has 0 N–H and O–H groups in total. The van der Waals surface area contributed by atoms with E-state index in [1.165, 1.54) is 5.56 Å². The molecular weight excluding hydrogens is 314 g/mol. The van der Waals surface area contributed by atoms with Crippen LogP contribution in [0.5, 0.6) is 0 Å². The van der Waals surface area contributed by atoms with Gasteiger partial charge >= 0.3 is 0 Å². The molecule has 3 aromatic rings. The van der Waals surface area contributed by atoms with Crippen molar-refractivity contribution in [2.45, 2.75) is 39.3 Å². The van der Waals surface area contributed by atoms with Crippen LogP contribution in [0.2, 0.25) is 0 Å². The van der Waals surface area contributed by atoms with Crippen LogP contribution in [0.3, 0.4) is 0 Å². The zero-order valence-electron chi connectivity index (χ0n) is 14.5. The van der Waals surface area contributed by atoms with Crippen molar-refractivity contribution < 1.29 is 4.52 Å². The summed E-state index contributed by atoms with van der Waals surface area (Å²) in [7, 11) is 0. The molecule has 1 aliphatic rings. The van der Waals surface area contributed by atoms with Gasteiger partial charge in [0.25, 0.3) is 5.89 Å². The van der Waals surface area contributed by atoms with Crippen molar-refractivity contribution >= 4 is 0 Å². The zero-order chi connectivity index (χ0) is 17.2. The van der Waals surface area contributed by atoms with E-state index in [0.717, 1.165) is 36.6 Å². The Labute approximate surface area is 146 Å². The van der Waals surface area contributed by atoms with Gasteiger partial charge in [-0.15, -0.1) is 0 Å². The van der Waals surface area contributed by atoms with Crippen LogP contribution < -0.4 is 0 Å². The number of fused-ring (bicyclic) bond motifs is 1. The molecule has 0 saturated carbocycles. The predicted octanol–water partition coefficient (Wildman–Crippen LogP) is 3.21. The van der Waals surface area contributed by atoms with Gasteiger partial charge in [-0.3, -0.25) is 4.90 Å². The summed E-state index contributed by atoms with van der Waals surface area (Å²) in [5.74, 6) is 2.52. The molecule has 0 aliphatic carbocycles. The first kappa shape index (κ1) is 15.9. The van der Waals surface area contributed by atoms with Gasteiger partial charge in [0.2, 0.25) is 0 Å². The van der Waals surface area contributed by atoms with E-state index in [4.69, 9.17) is 9.51 Å². The Morgan fingerprint density at radius 3 is 2.80 bits per heavy atom. The average molecular weight is 335 g/mol. The van der Waals surface area contributed by atoms with Crippen LogP contribution in [0.1, 0.15) is 42.7 Å². The summed E-state index contributed by atoms with van der Waals surface area (Å²) in [5.41, 5.74) is 3.31. The molecule has 3 heterocycles. The van der Waals surface area contributed by atoms with E-state index >= 15 is 0 Å². The van der Waals surface area contributed by atoms with Crippen molar-refractivity contribution in [1.29, 1.82) is 0 Å². The Kier molecular flexibility index (Phi) is 4.28. The van der Waals surface area contributed by atoms with Crippen molar-refractivity contribution in [3.63, 3.8) is 0 Å². The fourth-order valence-corrected chi connectivity index (χ4v) is 3.00. The van der Waals surface area contributed by atoms with Crippen LogP contribution in [0.25, 0.3) is 11.5 Å². The second-order valence-corrected chi connectivity index (χ2v) is 6.70. The van der Waals surface area contributed by atoms with Crippen molar-refractivity contribution in [2.75, 3.05) is 6.54 Å². The maximum absolute atomic E-state index is 5.40. The minimum atomic E-state index is 0.339. The molecule has 0 radical (unpaired) electrons. The SMILES string of the molecule is CC(C)c1ncc2c(n1)CN(Cc1noc(-c3ccccc3)n1)CC2. The number of hydrogen-bond donors (Lipinski definition) is 0. The third kappa shape index (κ3) is 3.44. The van der Waals surface area contributed by atoms with Gasteiger partial charge in [0.05, 0.1) is 12.2 Å². The summed E-state index contributed by atoms with van der Waals surface area (Å²) >= 11 is 0. The fraction of sp³-hybridized carbons (Fsp3) is 0.368. The first-order valence-electron chi connectivity index (χ1n) is 8.64. The maximum Gasteiger partial charge on any atom is 0.257 e. The van der Waals surface area contributed by atoms with Gasteiger partial charge in [0.15, 0.2) is 5.82 Å². The molecule has 2 aromatic heterocycles. The molecule has 6 nitrogen and oxygen atoms in total. The van der Waals surface area contributed by atoms with Crippen LogP contribution in [-0.4, -0.2) is 31.6 Å². The highest BCUT2D eigenvalue weighted by Gasteiger charge is 2.21. The zero-order valence-corrected chi connectivity index (χ0v) is 14.5. The third-order valence-electron chi connectivity index (χ3n) is 4.41. The van der Waals surface area contributed by atoms with Gasteiger partial charge in [-0.2, -0.15) is 4.98 Å². The number of rotatable bonds is 4. The normalized spacial score (nSPS) is 14.7. The predicted molar refractivity (Wildman–Crippen MR) is 93.7 cm³/mol. The van der Waals surface area contributed by atoms with Gasteiger partial charge in [0, 0.05) is 30.8 Å². The second kappa shape index (κ2) is 6.72. The lowest BCUT2D eigenvalue weighted by atomic mass is 10.1. The molecule has 0 atom stereocenters. The molecular formula is C19H21N5O. The van der Waals surface area contributed by atoms with Crippen molar-refractivity contribution in [1.82, 2.24) is 25.0 Å². The van der Waals surface area contributed by atoms with Gasteiger partial charge in [-0.25, -0.2) is 9.97 Å². The van der Waals surface area contributed by atoms with Crippen molar-refractivity contribution in [3.8, 4) is 11.5 Å². The summed E-state index contributed by atoms with van der Waals surface area (Å²) in [6, 6.07) is 9.84. The lowest BCUT2D eigenvalue weighted by molar-refractivity contribution is 0.231. The monoisotopic (exact) mass is 335 g/mol. The molecule has 128 valence electrons. The highest BCUT2D eigenvalue weighted by molar-refractivity contribution is 5.51. The average Bonchev–Trinajstić information content (AvgIpc) is 3.10. The van der Waals surface area contributed by atoms with Crippen molar-refractivity contribution in [3.05, 3.63) is 59.4 Å². The minimum Gasteiger partial charge on any atom is -0.334 e. The smallest absolute Gasteiger partial charge is 0.257 e. The third-order valence-corrected chi connectivity index (χ3v) is 4.41. The van der Waals surface area contributed by atoms with Crippen molar-refractivity contribution in [2.24, 2.45) is 0 Å².